The minimum atomic E-state index is -0.344. The van der Waals surface area contributed by atoms with E-state index in [-0.39, 0.29) is 22.7 Å². The third kappa shape index (κ3) is 10.3. The van der Waals surface area contributed by atoms with Crippen LogP contribution < -0.4 is 20.7 Å². The summed E-state index contributed by atoms with van der Waals surface area (Å²) in [5.74, 6) is 7.96. The summed E-state index contributed by atoms with van der Waals surface area (Å²) in [5, 5.41) is 4.96. The van der Waals surface area contributed by atoms with Crippen LogP contribution in [0, 0.1) is 11.3 Å². The number of nitrogens with two attached hydrogens (primary N) is 1. The summed E-state index contributed by atoms with van der Waals surface area (Å²) in [6.45, 7) is 11.2. The molecule has 4 unspecified atom stereocenters. The van der Waals surface area contributed by atoms with Crippen LogP contribution in [0.2, 0.25) is 0 Å². The molecule has 1 heterocycles. The monoisotopic (exact) mass is 1050 g/mol. The molecule has 8 aromatic rings. The standard InChI is InChI=1S/C59H43NO2.C15H22.CH6N2/c1-4-14-39(15-5-1)38-60-57(45-30-32-49-44(36-45)29-26-41-16-10-11-21-48(41)49)42-27-24-40(25-28-42)43-31-34-53-55(37-43)61-54-35-33-52-56(58(54)62-53)50-22-12-13-23-51(50)59(52,46-17-6-2-7-18-46)47-19-8-3-9-20-47;1-5-6-12-15(4,13(2)3)14-10-8-7-9-11-14;1-3-2/h1-2,4-8,10-37,50-51H,3,9,38H2;5-6,8,10-11H,2,7,9,12H2,1,3-4H3;3H,2H2,1H3/b;6-5-;. The number of ether oxygens (including phenoxy) is 2. The quantitative estimate of drug-likeness (QED) is 0.0445. The Morgan fingerprint density at radius 2 is 1.36 bits per heavy atom. The first kappa shape index (κ1) is 53.4. The van der Waals surface area contributed by atoms with Gasteiger partial charge in [0, 0.05) is 33.9 Å². The third-order valence-electron chi connectivity index (χ3n) is 16.7. The van der Waals surface area contributed by atoms with E-state index in [0.717, 1.165) is 64.5 Å². The number of nitrogens with one attached hydrogen (secondary N) is 1. The van der Waals surface area contributed by atoms with Gasteiger partial charge in [0.2, 0.25) is 0 Å². The van der Waals surface area contributed by atoms with Crippen LogP contribution in [0.15, 0.2) is 271 Å². The van der Waals surface area contributed by atoms with Crippen molar-refractivity contribution in [2.24, 2.45) is 22.2 Å². The third-order valence-corrected chi connectivity index (χ3v) is 16.7. The Morgan fingerprint density at radius 1 is 0.688 bits per heavy atom. The molecule has 5 nitrogen and oxygen atoms in total. The van der Waals surface area contributed by atoms with Crippen molar-refractivity contribution in [3.63, 3.8) is 0 Å². The minimum absolute atomic E-state index is 0.115. The molecule has 8 aromatic carbocycles. The number of hydrazine groups is 1. The van der Waals surface area contributed by atoms with Crippen molar-refractivity contribution in [3.05, 3.63) is 299 Å². The van der Waals surface area contributed by atoms with Crippen molar-refractivity contribution in [2.45, 2.75) is 70.8 Å². The number of aliphatic imine (C=N–C) groups is 1. The molecule has 3 N–H and O–H groups in total. The second-order valence-electron chi connectivity index (χ2n) is 21.6. The van der Waals surface area contributed by atoms with Crippen molar-refractivity contribution in [1.82, 2.24) is 5.43 Å². The Bertz CT molecular complexity index is 3840. The van der Waals surface area contributed by atoms with Crippen LogP contribution in [0.3, 0.4) is 0 Å². The fourth-order valence-corrected chi connectivity index (χ4v) is 12.5. The van der Waals surface area contributed by atoms with Gasteiger partial charge in [-0.25, -0.2) is 0 Å². The van der Waals surface area contributed by atoms with Crippen molar-refractivity contribution >= 4 is 27.3 Å². The highest BCUT2D eigenvalue weighted by molar-refractivity contribution is 6.16. The zero-order valence-corrected chi connectivity index (χ0v) is 46.5. The Morgan fingerprint density at radius 3 is 2.10 bits per heavy atom. The number of benzene rings is 8. The molecule has 5 heteroatoms. The van der Waals surface area contributed by atoms with Crippen LogP contribution >= 0.6 is 0 Å². The lowest BCUT2D eigenvalue weighted by Gasteiger charge is -2.40. The molecule has 0 saturated carbocycles. The molecule has 4 aliphatic carbocycles. The van der Waals surface area contributed by atoms with Crippen LogP contribution in [-0.2, 0) is 12.0 Å². The van der Waals surface area contributed by atoms with Gasteiger partial charge in [0.15, 0.2) is 23.0 Å². The van der Waals surface area contributed by atoms with Crippen molar-refractivity contribution < 1.29 is 9.47 Å². The van der Waals surface area contributed by atoms with Crippen molar-refractivity contribution in [3.8, 4) is 34.1 Å². The van der Waals surface area contributed by atoms with Crippen molar-refractivity contribution in [2.75, 3.05) is 7.05 Å². The zero-order valence-electron chi connectivity index (χ0n) is 46.5. The fraction of sp³-hybridized carbons (Fsp3) is 0.187. The van der Waals surface area contributed by atoms with Gasteiger partial charge in [-0.2, -0.15) is 0 Å². The summed E-state index contributed by atoms with van der Waals surface area (Å²) >= 11 is 0. The van der Waals surface area contributed by atoms with E-state index in [0.29, 0.717) is 12.3 Å². The topological polar surface area (TPSA) is 68.9 Å². The van der Waals surface area contributed by atoms with Gasteiger partial charge in [-0.3, -0.25) is 16.3 Å². The molecule has 13 rings (SSSR count). The predicted molar refractivity (Wildman–Crippen MR) is 336 cm³/mol. The average Bonchev–Trinajstić information content (AvgIpc) is 4.07. The van der Waals surface area contributed by atoms with E-state index >= 15 is 0 Å². The molecule has 0 aromatic heterocycles. The normalized spacial score (nSPS) is 19.1. The van der Waals surface area contributed by atoms with E-state index in [1.165, 1.54) is 73.4 Å². The summed E-state index contributed by atoms with van der Waals surface area (Å²) in [6.07, 6.45) is 33.1. The van der Waals surface area contributed by atoms with Gasteiger partial charge in [0.25, 0.3) is 0 Å². The highest BCUT2D eigenvalue weighted by Crippen LogP contribution is 2.65. The van der Waals surface area contributed by atoms with E-state index in [2.05, 4.69) is 275 Å². The molecule has 1 aliphatic heterocycles. The summed E-state index contributed by atoms with van der Waals surface area (Å²) < 4.78 is 13.8. The van der Waals surface area contributed by atoms with E-state index < -0.39 is 0 Å². The van der Waals surface area contributed by atoms with Gasteiger partial charge in [-0.1, -0.05) is 238 Å². The number of hydrogen-bond donors (Lipinski definition) is 2. The van der Waals surface area contributed by atoms with Crippen LogP contribution in [0.4, 0.5) is 0 Å². The second kappa shape index (κ2) is 23.8. The van der Waals surface area contributed by atoms with Gasteiger partial charge in [-0.15, -0.1) is 0 Å². The lowest BCUT2D eigenvalue weighted by molar-refractivity contribution is 0.355. The summed E-state index contributed by atoms with van der Waals surface area (Å²) in [7, 11) is 1.65. The van der Waals surface area contributed by atoms with E-state index in [9.17, 15) is 0 Å². The van der Waals surface area contributed by atoms with Crippen molar-refractivity contribution in [1.29, 1.82) is 0 Å². The molecule has 0 fully saturated rings. The first-order chi connectivity index (χ1) is 39.2. The van der Waals surface area contributed by atoms with E-state index in [1.807, 2.05) is 6.07 Å². The van der Waals surface area contributed by atoms with Crippen LogP contribution in [0.5, 0.6) is 23.0 Å². The van der Waals surface area contributed by atoms with Crippen LogP contribution in [0.1, 0.15) is 92.2 Å². The molecule has 0 spiro atoms. The minimum Gasteiger partial charge on any atom is -0.449 e. The van der Waals surface area contributed by atoms with Crippen LogP contribution in [-0.4, -0.2) is 12.8 Å². The highest BCUT2D eigenvalue weighted by Gasteiger charge is 2.55. The predicted octanol–water partition coefficient (Wildman–Crippen LogP) is 18.9. The Kier molecular flexibility index (Phi) is 15.9. The maximum Gasteiger partial charge on any atom is 0.174 e. The molecular formula is C75H71N3O2. The Labute approximate surface area is 473 Å². The Hall–Kier alpha value is -8.61. The summed E-state index contributed by atoms with van der Waals surface area (Å²) in [6, 6.07) is 60.8. The second-order valence-corrected chi connectivity index (χ2v) is 21.6. The number of fused-ring (bicyclic) bond motifs is 9. The highest BCUT2D eigenvalue weighted by atomic mass is 16.6. The molecule has 4 atom stereocenters. The molecule has 398 valence electrons. The van der Waals surface area contributed by atoms with Gasteiger partial charge in [-0.05, 0) is 138 Å². The largest absolute Gasteiger partial charge is 0.449 e. The molecule has 80 heavy (non-hydrogen) atoms. The SMILES string of the molecule is C1=CC2c3c(ccc4c3Oc3ccc(-c5ccc(C(=NCc6ccccc6)c6ccc7c(ccc8ccccc87)c6)cc5)cc3O4)C(C3=CCCC=C3)(c3ccccc3)C2C=C1.C=C(C)C(C)(C/C=C\C)C1=CCCC=C1.CNN. The fourth-order valence-electron chi connectivity index (χ4n) is 12.5. The molecular weight excluding hydrogens is 975 g/mol. The maximum absolute atomic E-state index is 6.96. The smallest absolute Gasteiger partial charge is 0.174 e. The van der Waals surface area contributed by atoms with Gasteiger partial charge in [0.05, 0.1) is 17.7 Å². The lowest BCUT2D eigenvalue weighted by atomic mass is 9.62. The first-order valence-electron chi connectivity index (χ1n) is 28.3. The molecule has 5 aliphatic rings. The zero-order chi connectivity index (χ0) is 55.1. The number of nitrogens with zero attached hydrogens (tertiary/aromatic N) is 1. The average molecular weight is 1050 g/mol. The molecule has 0 bridgehead atoms. The summed E-state index contributed by atoms with van der Waals surface area (Å²) in [5.41, 5.74) is 16.3. The van der Waals surface area contributed by atoms with Gasteiger partial charge >= 0.3 is 0 Å². The van der Waals surface area contributed by atoms with Crippen LogP contribution in [0.25, 0.3) is 32.7 Å². The number of rotatable bonds is 11. The lowest BCUT2D eigenvalue weighted by Crippen LogP contribution is -2.35. The molecule has 0 saturated heterocycles. The number of hydrogen-bond acceptors (Lipinski definition) is 5. The maximum atomic E-state index is 6.96. The van der Waals surface area contributed by atoms with Gasteiger partial charge < -0.3 is 9.47 Å². The Balaban J connectivity index is 0.000000323. The molecule has 0 radical (unpaired) electrons. The molecule has 0 amide bonds. The summed E-state index contributed by atoms with van der Waals surface area (Å²) in [4.78, 5) is 5.25. The first-order valence-corrected chi connectivity index (χ1v) is 28.3. The van der Waals surface area contributed by atoms with Gasteiger partial charge in [0.1, 0.15) is 0 Å². The number of allylic oxidation sites excluding steroid dienone is 15. The van der Waals surface area contributed by atoms with E-state index in [4.69, 9.17) is 14.5 Å². The van der Waals surface area contributed by atoms with E-state index in [1.54, 1.807) is 7.05 Å².